The number of anilines is 1. The second-order valence-electron chi connectivity index (χ2n) is 7.13. The number of piperidine rings is 1. The average molecular weight is 338 g/mol. The minimum Gasteiger partial charge on any atom is -0.378 e. The van der Waals surface area contributed by atoms with Crippen LogP contribution in [0.1, 0.15) is 24.1 Å². The molecule has 3 rings (SSSR count). The maximum Gasteiger partial charge on any atom is 0.0416 e. The molecule has 0 saturated carbocycles. The van der Waals surface area contributed by atoms with E-state index in [1.165, 1.54) is 42.9 Å². The first-order valence-electron chi connectivity index (χ1n) is 9.32. The Hall–Kier alpha value is -1.91. The number of hydrogen-bond acceptors (Lipinski definition) is 4. The summed E-state index contributed by atoms with van der Waals surface area (Å²) in [5.41, 5.74) is 3.83. The van der Waals surface area contributed by atoms with Crippen LogP contribution in [0.4, 0.5) is 5.69 Å². The highest BCUT2D eigenvalue weighted by Crippen LogP contribution is 2.15. The van der Waals surface area contributed by atoms with E-state index in [9.17, 15) is 0 Å². The minimum absolute atomic E-state index is 0.633. The van der Waals surface area contributed by atoms with Crippen LogP contribution in [0.5, 0.6) is 0 Å². The molecule has 25 heavy (non-hydrogen) atoms. The van der Waals surface area contributed by atoms with Crippen LogP contribution in [0.2, 0.25) is 0 Å². The van der Waals surface area contributed by atoms with Crippen LogP contribution in [-0.4, -0.2) is 49.7 Å². The van der Waals surface area contributed by atoms with Gasteiger partial charge in [0.2, 0.25) is 0 Å². The number of pyridine rings is 1. The van der Waals surface area contributed by atoms with Gasteiger partial charge in [-0.05, 0) is 55.8 Å². The van der Waals surface area contributed by atoms with Gasteiger partial charge in [0.1, 0.15) is 0 Å². The third-order valence-corrected chi connectivity index (χ3v) is 5.02. The van der Waals surface area contributed by atoms with E-state index in [1.54, 1.807) is 0 Å². The summed E-state index contributed by atoms with van der Waals surface area (Å²) in [7, 11) is 4.18. The van der Waals surface area contributed by atoms with Gasteiger partial charge in [0.15, 0.2) is 0 Å². The van der Waals surface area contributed by atoms with E-state index in [4.69, 9.17) is 0 Å². The lowest BCUT2D eigenvalue weighted by Crippen LogP contribution is -2.42. The maximum atomic E-state index is 4.42. The predicted molar refractivity (Wildman–Crippen MR) is 105 cm³/mol. The molecule has 0 atom stereocenters. The van der Waals surface area contributed by atoms with Gasteiger partial charge >= 0.3 is 0 Å². The molecule has 1 saturated heterocycles. The Bertz CT molecular complexity index is 633. The van der Waals surface area contributed by atoms with Crippen LogP contribution >= 0.6 is 0 Å². The molecule has 1 N–H and O–H groups in total. The quantitative estimate of drug-likeness (QED) is 0.841. The van der Waals surface area contributed by atoms with Crippen molar-refractivity contribution in [3.63, 3.8) is 0 Å². The number of aromatic nitrogens is 1. The Balaban J connectivity index is 1.38. The third kappa shape index (κ3) is 5.55. The van der Waals surface area contributed by atoms with Gasteiger partial charge in [-0.2, -0.15) is 0 Å². The first-order valence-corrected chi connectivity index (χ1v) is 9.32. The van der Waals surface area contributed by atoms with Crippen LogP contribution in [0.15, 0.2) is 48.7 Å². The Morgan fingerprint density at radius 1 is 1.12 bits per heavy atom. The zero-order valence-electron chi connectivity index (χ0n) is 15.5. The second kappa shape index (κ2) is 8.97. The molecule has 1 aromatic carbocycles. The third-order valence-electron chi connectivity index (χ3n) is 5.02. The number of rotatable bonds is 7. The van der Waals surface area contributed by atoms with Gasteiger partial charge in [-0.15, -0.1) is 0 Å². The minimum atomic E-state index is 0.633. The lowest BCUT2D eigenvalue weighted by atomic mass is 10.0. The Kier molecular flexibility index (Phi) is 6.42. The van der Waals surface area contributed by atoms with Crippen molar-refractivity contribution in [1.82, 2.24) is 15.2 Å². The van der Waals surface area contributed by atoms with Crippen LogP contribution in [0, 0.1) is 0 Å². The topological polar surface area (TPSA) is 31.4 Å². The zero-order chi connectivity index (χ0) is 17.5. The van der Waals surface area contributed by atoms with E-state index in [-0.39, 0.29) is 0 Å². The lowest BCUT2D eigenvalue weighted by Gasteiger charge is -2.32. The summed E-state index contributed by atoms with van der Waals surface area (Å²) in [5, 5.41) is 3.74. The summed E-state index contributed by atoms with van der Waals surface area (Å²) in [4.78, 5) is 9.14. The molecule has 2 heterocycles. The summed E-state index contributed by atoms with van der Waals surface area (Å²) in [6.45, 7) is 4.44. The SMILES string of the molecule is CN(C)c1cccc(CNC2CCN(CCc3ccccn3)CC2)c1. The summed E-state index contributed by atoms with van der Waals surface area (Å²) < 4.78 is 0. The highest BCUT2D eigenvalue weighted by atomic mass is 15.1. The molecule has 1 fully saturated rings. The van der Waals surface area contributed by atoms with Crippen LogP contribution < -0.4 is 10.2 Å². The molecule has 1 aliphatic heterocycles. The molecule has 2 aromatic rings. The van der Waals surface area contributed by atoms with Crippen molar-refractivity contribution in [1.29, 1.82) is 0 Å². The van der Waals surface area contributed by atoms with E-state index in [1.807, 2.05) is 12.3 Å². The first kappa shape index (κ1) is 17.9. The van der Waals surface area contributed by atoms with Crippen molar-refractivity contribution in [3.05, 3.63) is 59.9 Å². The monoisotopic (exact) mass is 338 g/mol. The molecule has 0 spiro atoms. The second-order valence-corrected chi connectivity index (χ2v) is 7.13. The van der Waals surface area contributed by atoms with Gasteiger partial charge in [0.25, 0.3) is 0 Å². The number of nitrogens with one attached hydrogen (secondary N) is 1. The molecular weight excluding hydrogens is 308 g/mol. The smallest absolute Gasteiger partial charge is 0.0416 e. The van der Waals surface area contributed by atoms with Gasteiger partial charge < -0.3 is 15.1 Å². The van der Waals surface area contributed by atoms with Crippen molar-refractivity contribution in [2.24, 2.45) is 0 Å². The summed E-state index contributed by atoms with van der Waals surface area (Å²) >= 11 is 0. The zero-order valence-corrected chi connectivity index (χ0v) is 15.5. The summed E-state index contributed by atoms with van der Waals surface area (Å²) in [6, 6.07) is 15.6. The molecule has 4 nitrogen and oxygen atoms in total. The van der Waals surface area contributed by atoms with E-state index < -0.39 is 0 Å². The molecule has 1 aliphatic rings. The standard InChI is InChI=1S/C21H30N4/c1-24(2)21-8-5-6-18(16-21)17-23-20-10-14-25(15-11-20)13-9-19-7-3-4-12-22-19/h3-8,12,16,20,23H,9-11,13-15,17H2,1-2H3. The van der Waals surface area contributed by atoms with Gasteiger partial charge in [-0.1, -0.05) is 18.2 Å². The highest BCUT2D eigenvalue weighted by molar-refractivity contribution is 5.47. The fraction of sp³-hybridized carbons (Fsp3) is 0.476. The van der Waals surface area contributed by atoms with Crippen molar-refractivity contribution >= 4 is 5.69 Å². The van der Waals surface area contributed by atoms with Gasteiger partial charge in [-0.3, -0.25) is 4.98 Å². The summed E-state index contributed by atoms with van der Waals surface area (Å²) in [6.07, 6.45) is 5.40. The molecule has 134 valence electrons. The van der Waals surface area contributed by atoms with Gasteiger partial charge in [0.05, 0.1) is 0 Å². The largest absolute Gasteiger partial charge is 0.378 e. The molecule has 0 aliphatic carbocycles. The fourth-order valence-corrected chi connectivity index (χ4v) is 3.39. The Labute approximate surface area is 151 Å². The molecule has 0 unspecified atom stereocenters. The predicted octanol–water partition coefficient (Wildman–Crippen LogP) is 2.94. The lowest BCUT2D eigenvalue weighted by molar-refractivity contribution is 0.198. The Morgan fingerprint density at radius 3 is 2.68 bits per heavy atom. The van der Waals surface area contributed by atoms with Crippen molar-refractivity contribution in [2.45, 2.75) is 31.8 Å². The molecular formula is C21H30N4. The van der Waals surface area contributed by atoms with Gasteiger partial charge in [0, 0.05) is 57.2 Å². The van der Waals surface area contributed by atoms with Crippen molar-refractivity contribution in [2.75, 3.05) is 38.6 Å². The number of likely N-dealkylation sites (tertiary alicyclic amines) is 1. The van der Waals surface area contributed by atoms with E-state index >= 15 is 0 Å². The molecule has 1 aromatic heterocycles. The average Bonchev–Trinajstić information content (AvgIpc) is 2.66. The molecule has 0 amide bonds. The van der Waals surface area contributed by atoms with E-state index in [0.717, 1.165) is 19.5 Å². The van der Waals surface area contributed by atoms with Crippen molar-refractivity contribution in [3.8, 4) is 0 Å². The number of benzene rings is 1. The molecule has 0 bridgehead atoms. The van der Waals surface area contributed by atoms with Crippen molar-refractivity contribution < 1.29 is 0 Å². The molecule has 0 radical (unpaired) electrons. The number of nitrogens with zero attached hydrogens (tertiary/aromatic N) is 3. The van der Waals surface area contributed by atoms with Gasteiger partial charge in [-0.25, -0.2) is 0 Å². The van der Waals surface area contributed by atoms with Crippen LogP contribution in [0.25, 0.3) is 0 Å². The van der Waals surface area contributed by atoms with E-state index in [2.05, 4.69) is 70.6 Å². The van der Waals surface area contributed by atoms with Crippen LogP contribution in [0.3, 0.4) is 0 Å². The van der Waals surface area contributed by atoms with Crippen LogP contribution in [-0.2, 0) is 13.0 Å². The maximum absolute atomic E-state index is 4.42. The van der Waals surface area contributed by atoms with E-state index in [0.29, 0.717) is 6.04 Å². The molecule has 4 heteroatoms. The fourth-order valence-electron chi connectivity index (χ4n) is 3.39. The Morgan fingerprint density at radius 2 is 1.96 bits per heavy atom. The number of hydrogen-bond donors (Lipinski definition) is 1. The normalized spacial score (nSPS) is 16.1. The summed E-state index contributed by atoms with van der Waals surface area (Å²) in [5.74, 6) is 0. The highest BCUT2D eigenvalue weighted by Gasteiger charge is 2.18. The first-order chi connectivity index (χ1) is 12.2.